The largest absolute Gasteiger partial charge is 0.481 e. The molecule has 1 aliphatic carbocycles. The van der Waals surface area contributed by atoms with Crippen molar-refractivity contribution in [1.82, 2.24) is 10.2 Å². The van der Waals surface area contributed by atoms with Crippen LogP contribution < -0.4 is 5.32 Å². The topological polar surface area (TPSA) is 69.6 Å². The van der Waals surface area contributed by atoms with Crippen LogP contribution in [0.1, 0.15) is 46.0 Å². The average molecular weight is 268 g/mol. The molecule has 5 heteroatoms. The number of piperidine rings is 1. The van der Waals surface area contributed by atoms with Crippen LogP contribution in [-0.4, -0.2) is 47.1 Å². The van der Waals surface area contributed by atoms with Gasteiger partial charge in [0.05, 0.1) is 11.5 Å². The highest BCUT2D eigenvalue weighted by atomic mass is 16.4. The molecular formula is C14H24N2O3. The number of hydrogen-bond acceptors (Lipinski definition) is 3. The summed E-state index contributed by atoms with van der Waals surface area (Å²) in [5.41, 5.74) is -0.580. The summed E-state index contributed by atoms with van der Waals surface area (Å²) in [5, 5.41) is 12.4. The number of amides is 1. The first-order valence-electron chi connectivity index (χ1n) is 7.26. The van der Waals surface area contributed by atoms with Gasteiger partial charge in [0.1, 0.15) is 0 Å². The van der Waals surface area contributed by atoms with Gasteiger partial charge in [0.15, 0.2) is 0 Å². The summed E-state index contributed by atoms with van der Waals surface area (Å²) in [6.07, 6.45) is 4.13. The molecule has 0 radical (unpaired) electrons. The van der Waals surface area contributed by atoms with Crippen molar-refractivity contribution in [3.63, 3.8) is 0 Å². The maximum atomic E-state index is 12.0. The Morgan fingerprint density at radius 3 is 2.37 bits per heavy atom. The maximum absolute atomic E-state index is 12.0. The van der Waals surface area contributed by atoms with Crippen LogP contribution in [0.2, 0.25) is 0 Å². The molecule has 5 nitrogen and oxygen atoms in total. The van der Waals surface area contributed by atoms with Gasteiger partial charge in [0, 0.05) is 19.1 Å². The minimum absolute atomic E-state index is 0.0850. The second kappa shape index (κ2) is 5.49. The molecule has 1 atom stereocenters. The number of carbonyl (C=O) groups excluding carboxylic acids is 1. The van der Waals surface area contributed by atoms with Gasteiger partial charge in [0.25, 0.3) is 0 Å². The van der Waals surface area contributed by atoms with Gasteiger partial charge in [-0.2, -0.15) is 0 Å². The molecule has 1 saturated heterocycles. The van der Waals surface area contributed by atoms with Crippen LogP contribution in [-0.2, 0) is 9.59 Å². The molecule has 0 aromatic carbocycles. The van der Waals surface area contributed by atoms with Crippen molar-refractivity contribution in [3.05, 3.63) is 0 Å². The van der Waals surface area contributed by atoms with Gasteiger partial charge in [0.2, 0.25) is 5.91 Å². The molecule has 1 aliphatic heterocycles. The number of nitrogens with one attached hydrogen (secondary N) is 1. The Morgan fingerprint density at radius 1 is 1.37 bits per heavy atom. The fourth-order valence-corrected chi connectivity index (χ4v) is 2.77. The number of nitrogens with zero attached hydrogens (tertiary/aromatic N) is 1. The van der Waals surface area contributed by atoms with Gasteiger partial charge < -0.3 is 10.4 Å². The lowest BCUT2D eigenvalue weighted by atomic mass is 9.76. The van der Waals surface area contributed by atoms with Crippen molar-refractivity contribution in [2.45, 2.75) is 58.0 Å². The number of likely N-dealkylation sites (tertiary alicyclic amines) is 1. The van der Waals surface area contributed by atoms with Crippen molar-refractivity contribution in [3.8, 4) is 0 Å². The molecule has 2 N–H and O–H groups in total. The zero-order valence-corrected chi connectivity index (χ0v) is 11.8. The zero-order chi connectivity index (χ0) is 14.0. The monoisotopic (exact) mass is 268 g/mol. The summed E-state index contributed by atoms with van der Waals surface area (Å²) >= 11 is 0. The summed E-state index contributed by atoms with van der Waals surface area (Å²) in [5.74, 6) is -0.605. The highest BCUT2D eigenvalue weighted by molar-refractivity contribution is 5.82. The minimum Gasteiger partial charge on any atom is -0.481 e. The van der Waals surface area contributed by atoms with E-state index in [0.717, 1.165) is 12.8 Å². The fraction of sp³-hybridized carbons (Fsp3) is 0.857. The van der Waals surface area contributed by atoms with Gasteiger partial charge in [-0.1, -0.05) is 6.92 Å². The lowest BCUT2D eigenvalue weighted by Crippen LogP contribution is -2.52. The number of carboxylic acids is 1. The standard InChI is InChI=1S/C14H24N2O3/c1-3-14(13(18)19)6-8-16(9-7-14)10(2)12(17)15-11-4-5-11/h10-11H,3-9H2,1-2H3,(H,15,17)(H,18,19). The molecule has 1 saturated carbocycles. The van der Waals surface area contributed by atoms with Crippen molar-refractivity contribution in [2.75, 3.05) is 13.1 Å². The Labute approximate surface area is 114 Å². The Morgan fingerprint density at radius 2 is 1.95 bits per heavy atom. The average Bonchev–Trinajstić information content (AvgIpc) is 3.21. The van der Waals surface area contributed by atoms with E-state index in [1.54, 1.807) is 0 Å². The minimum atomic E-state index is -0.690. The molecule has 2 rings (SSSR count). The summed E-state index contributed by atoms with van der Waals surface area (Å²) < 4.78 is 0. The van der Waals surface area contributed by atoms with Crippen molar-refractivity contribution in [2.24, 2.45) is 5.41 Å². The molecule has 2 fully saturated rings. The van der Waals surface area contributed by atoms with Crippen LogP contribution in [0.3, 0.4) is 0 Å². The number of rotatable bonds is 5. The first-order valence-corrected chi connectivity index (χ1v) is 7.26. The molecule has 2 aliphatic rings. The van der Waals surface area contributed by atoms with E-state index < -0.39 is 11.4 Å². The van der Waals surface area contributed by atoms with Crippen LogP contribution >= 0.6 is 0 Å². The van der Waals surface area contributed by atoms with Crippen LogP contribution in [0.15, 0.2) is 0 Å². The Kier molecular flexibility index (Phi) is 4.13. The Balaban J connectivity index is 1.87. The fourth-order valence-electron chi connectivity index (χ4n) is 2.77. The Bertz CT molecular complexity index is 358. The van der Waals surface area contributed by atoms with Gasteiger partial charge >= 0.3 is 5.97 Å². The second-order valence-corrected chi connectivity index (χ2v) is 5.93. The predicted molar refractivity (Wildman–Crippen MR) is 71.8 cm³/mol. The molecule has 0 spiro atoms. The molecule has 1 unspecified atom stereocenters. The third-order valence-electron chi connectivity index (χ3n) is 4.74. The molecule has 19 heavy (non-hydrogen) atoms. The molecule has 0 aromatic rings. The van der Waals surface area contributed by atoms with Crippen LogP contribution in [0, 0.1) is 5.41 Å². The van der Waals surface area contributed by atoms with E-state index in [-0.39, 0.29) is 11.9 Å². The van der Waals surface area contributed by atoms with Crippen LogP contribution in [0.25, 0.3) is 0 Å². The van der Waals surface area contributed by atoms with E-state index in [9.17, 15) is 14.7 Å². The predicted octanol–water partition coefficient (Wildman–Crippen LogP) is 1.23. The van der Waals surface area contributed by atoms with E-state index in [2.05, 4.69) is 10.2 Å². The second-order valence-electron chi connectivity index (χ2n) is 5.93. The first kappa shape index (κ1) is 14.3. The van der Waals surface area contributed by atoms with E-state index in [0.29, 0.717) is 38.4 Å². The highest BCUT2D eigenvalue weighted by Crippen LogP contribution is 2.35. The molecule has 0 aromatic heterocycles. The molecule has 1 amide bonds. The number of carbonyl (C=O) groups is 2. The van der Waals surface area contributed by atoms with E-state index >= 15 is 0 Å². The summed E-state index contributed by atoms with van der Waals surface area (Å²) in [6.45, 7) is 5.24. The summed E-state index contributed by atoms with van der Waals surface area (Å²) in [4.78, 5) is 25.5. The lowest BCUT2D eigenvalue weighted by Gasteiger charge is -2.40. The molecule has 1 heterocycles. The maximum Gasteiger partial charge on any atom is 0.309 e. The van der Waals surface area contributed by atoms with Gasteiger partial charge in [-0.25, -0.2) is 0 Å². The molecule has 108 valence electrons. The third kappa shape index (κ3) is 3.08. The Hall–Kier alpha value is -1.10. The lowest BCUT2D eigenvalue weighted by molar-refractivity contribution is -0.152. The van der Waals surface area contributed by atoms with E-state index in [1.165, 1.54) is 0 Å². The highest BCUT2D eigenvalue weighted by Gasteiger charge is 2.41. The molecular weight excluding hydrogens is 244 g/mol. The van der Waals surface area contributed by atoms with Crippen LogP contribution in [0.5, 0.6) is 0 Å². The normalized spacial score (nSPS) is 24.7. The van der Waals surface area contributed by atoms with Crippen molar-refractivity contribution < 1.29 is 14.7 Å². The van der Waals surface area contributed by atoms with E-state index in [1.807, 2.05) is 13.8 Å². The third-order valence-corrected chi connectivity index (χ3v) is 4.74. The molecule has 0 bridgehead atoms. The summed E-state index contributed by atoms with van der Waals surface area (Å²) in [7, 11) is 0. The van der Waals surface area contributed by atoms with Gasteiger partial charge in [-0.3, -0.25) is 14.5 Å². The van der Waals surface area contributed by atoms with Crippen molar-refractivity contribution in [1.29, 1.82) is 0 Å². The number of hydrogen-bond donors (Lipinski definition) is 2. The summed E-state index contributed by atoms with van der Waals surface area (Å²) in [6, 6.07) is 0.234. The number of aliphatic carboxylic acids is 1. The van der Waals surface area contributed by atoms with E-state index in [4.69, 9.17) is 0 Å². The SMILES string of the molecule is CCC1(C(=O)O)CCN(C(C)C(=O)NC2CC2)CC1. The van der Waals surface area contributed by atoms with Crippen LogP contribution in [0.4, 0.5) is 0 Å². The zero-order valence-electron chi connectivity index (χ0n) is 11.8. The quantitative estimate of drug-likeness (QED) is 0.787. The van der Waals surface area contributed by atoms with Gasteiger partial charge in [-0.15, -0.1) is 0 Å². The first-order chi connectivity index (χ1) is 8.98. The smallest absolute Gasteiger partial charge is 0.309 e. The van der Waals surface area contributed by atoms with Crippen molar-refractivity contribution >= 4 is 11.9 Å². The number of carboxylic acid groups (broad SMARTS) is 1. The van der Waals surface area contributed by atoms with Gasteiger partial charge in [-0.05, 0) is 39.0 Å².